The number of rotatable bonds is 6. The molecule has 2 amide bonds. The summed E-state index contributed by atoms with van der Waals surface area (Å²) >= 11 is 0. The van der Waals surface area contributed by atoms with E-state index in [0.29, 0.717) is 55.6 Å². The van der Waals surface area contributed by atoms with Gasteiger partial charge in [0.15, 0.2) is 6.61 Å². The Labute approximate surface area is 184 Å². The quantitative estimate of drug-likeness (QED) is 0.588. The van der Waals surface area contributed by atoms with Crippen molar-refractivity contribution in [3.63, 3.8) is 0 Å². The third kappa shape index (κ3) is 4.77. The molecule has 32 heavy (non-hydrogen) atoms. The SMILES string of the molecule is CCc1nc(COc2ccc(C(=O)N3CCN(C(=O)c4ccccc4F)CC3)cc2)no1. The largest absolute Gasteiger partial charge is 0.485 e. The fourth-order valence-corrected chi connectivity index (χ4v) is 3.43. The molecule has 8 nitrogen and oxygen atoms in total. The zero-order valence-electron chi connectivity index (χ0n) is 17.7. The second-order valence-electron chi connectivity index (χ2n) is 7.34. The van der Waals surface area contributed by atoms with E-state index in [-0.39, 0.29) is 24.0 Å². The Hall–Kier alpha value is -3.75. The first-order valence-electron chi connectivity index (χ1n) is 10.4. The number of halogens is 1. The molecule has 1 aromatic heterocycles. The van der Waals surface area contributed by atoms with Crippen LogP contribution in [0.15, 0.2) is 53.1 Å². The number of hydrogen-bond donors (Lipinski definition) is 0. The highest BCUT2D eigenvalue weighted by molar-refractivity contribution is 5.96. The van der Waals surface area contributed by atoms with Gasteiger partial charge < -0.3 is 19.1 Å². The van der Waals surface area contributed by atoms with Crippen molar-refractivity contribution in [2.75, 3.05) is 26.2 Å². The van der Waals surface area contributed by atoms with Crippen LogP contribution in [0, 0.1) is 5.82 Å². The Kier molecular flexibility index (Phi) is 6.44. The van der Waals surface area contributed by atoms with Crippen LogP contribution in [0.25, 0.3) is 0 Å². The molecule has 2 aromatic carbocycles. The molecule has 0 bridgehead atoms. The molecule has 1 aliphatic rings. The van der Waals surface area contributed by atoms with Crippen LogP contribution in [-0.4, -0.2) is 57.9 Å². The van der Waals surface area contributed by atoms with Gasteiger partial charge in [-0.25, -0.2) is 4.39 Å². The number of carbonyl (C=O) groups is 2. The molecular formula is C23H23FN4O4. The van der Waals surface area contributed by atoms with Crippen LogP contribution in [0.2, 0.25) is 0 Å². The summed E-state index contributed by atoms with van der Waals surface area (Å²) in [5.74, 6) is 0.586. The van der Waals surface area contributed by atoms with Gasteiger partial charge in [-0.3, -0.25) is 9.59 Å². The zero-order chi connectivity index (χ0) is 22.5. The van der Waals surface area contributed by atoms with Gasteiger partial charge in [0.1, 0.15) is 11.6 Å². The number of aromatic nitrogens is 2. The van der Waals surface area contributed by atoms with E-state index in [1.54, 1.807) is 46.2 Å². The lowest BCUT2D eigenvalue weighted by atomic mass is 10.1. The van der Waals surface area contributed by atoms with Gasteiger partial charge in [0, 0.05) is 38.2 Å². The van der Waals surface area contributed by atoms with Crippen LogP contribution < -0.4 is 4.74 Å². The van der Waals surface area contributed by atoms with Crippen LogP contribution in [0.5, 0.6) is 5.75 Å². The average molecular weight is 438 g/mol. The normalized spacial score (nSPS) is 13.8. The minimum atomic E-state index is -0.538. The molecule has 2 heterocycles. The van der Waals surface area contributed by atoms with Crippen molar-refractivity contribution in [1.82, 2.24) is 19.9 Å². The molecule has 0 N–H and O–H groups in total. The molecule has 4 rings (SSSR count). The van der Waals surface area contributed by atoms with Crippen molar-refractivity contribution < 1.29 is 23.2 Å². The Morgan fingerprint density at radius 2 is 1.66 bits per heavy atom. The lowest BCUT2D eigenvalue weighted by Crippen LogP contribution is -2.50. The highest BCUT2D eigenvalue weighted by Crippen LogP contribution is 2.17. The minimum Gasteiger partial charge on any atom is -0.485 e. The van der Waals surface area contributed by atoms with E-state index in [1.807, 2.05) is 6.92 Å². The molecule has 0 saturated carbocycles. The Morgan fingerprint density at radius 1 is 1.00 bits per heavy atom. The monoisotopic (exact) mass is 438 g/mol. The second kappa shape index (κ2) is 9.59. The smallest absolute Gasteiger partial charge is 0.256 e. The molecule has 0 spiro atoms. The number of benzene rings is 2. The molecule has 0 aliphatic carbocycles. The number of aryl methyl sites for hydroxylation is 1. The van der Waals surface area contributed by atoms with Crippen molar-refractivity contribution in [3.8, 4) is 5.75 Å². The molecule has 166 valence electrons. The predicted octanol–water partition coefficient (Wildman–Crippen LogP) is 2.95. The van der Waals surface area contributed by atoms with Crippen molar-refractivity contribution >= 4 is 11.8 Å². The van der Waals surface area contributed by atoms with Crippen molar-refractivity contribution in [2.24, 2.45) is 0 Å². The molecule has 1 saturated heterocycles. The van der Waals surface area contributed by atoms with E-state index in [9.17, 15) is 14.0 Å². The van der Waals surface area contributed by atoms with Crippen LogP contribution in [0.1, 0.15) is 39.4 Å². The number of nitrogens with zero attached hydrogens (tertiary/aromatic N) is 4. The molecule has 1 fully saturated rings. The highest BCUT2D eigenvalue weighted by Gasteiger charge is 2.26. The molecule has 9 heteroatoms. The Bertz CT molecular complexity index is 1090. The van der Waals surface area contributed by atoms with Crippen LogP contribution in [0.4, 0.5) is 4.39 Å². The molecule has 1 aliphatic heterocycles. The average Bonchev–Trinajstić information content (AvgIpc) is 3.31. The van der Waals surface area contributed by atoms with Crippen LogP contribution in [0.3, 0.4) is 0 Å². The maximum atomic E-state index is 13.9. The molecule has 0 atom stereocenters. The van der Waals surface area contributed by atoms with Crippen molar-refractivity contribution in [1.29, 1.82) is 0 Å². The number of ether oxygens (including phenoxy) is 1. The van der Waals surface area contributed by atoms with Crippen LogP contribution in [-0.2, 0) is 13.0 Å². The number of carbonyl (C=O) groups excluding carboxylic acids is 2. The zero-order valence-corrected chi connectivity index (χ0v) is 17.7. The summed E-state index contributed by atoms with van der Waals surface area (Å²) in [6.45, 7) is 3.57. The van der Waals surface area contributed by atoms with Gasteiger partial charge in [-0.2, -0.15) is 4.98 Å². The first-order chi connectivity index (χ1) is 15.5. The third-order valence-corrected chi connectivity index (χ3v) is 5.24. The van der Waals surface area contributed by atoms with Gasteiger partial charge in [-0.1, -0.05) is 24.2 Å². The minimum absolute atomic E-state index is 0.0506. The summed E-state index contributed by atoms with van der Waals surface area (Å²) in [6, 6.07) is 12.7. The first kappa shape index (κ1) is 21.5. The van der Waals surface area contributed by atoms with Crippen molar-refractivity contribution in [2.45, 2.75) is 20.0 Å². The predicted molar refractivity (Wildman–Crippen MR) is 113 cm³/mol. The fraction of sp³-hybridized carbons (Fsp3) is 0.304. The van der Waals surface area contributed by atoms with Gasteiger partial charge in [-0.05, 0) is 36.4 Å². The summed E-state index contributed by atoms with van der Waals surface area (Å²) in [7, 11) is 0. The molecular weight excluding hydrogens is 415 g/mol. The number of amides is 2. The maximum Gasteiger partial charge on any atom is 0.256 e. The molecule has 3 aromatic rings. The van der Waals surface area contributed by atoms with E-state index in [4.69, 9.17) is 9.26 Å². The summed E-state index contributed by atoms with van der Waals surface area (Å²) < 4.78 is 24.6. The van der Waals surface area contributed by atoms with E-state index in [2.05, 4.69) is 10.1 Å². The Balaban J connectivity index is 1.30. The van der Waals surface area contributed by atoms with Gasteiger partial charge >= 0.3 is 0 Å². The summed E-state index contributed by atoms with van der Waals surface area (Å²) in [5, 5.41) is 3.83. The van der Waals surface area contributed by atoms with Crippen LogP contribution >= 0.6 is 0 Å². The van der Waals surface area contributed by atoms with Gasteiger partial charge in [0.25, 0.3) is 11.8 Å². The maximum absolute atomic E-state index is 13.9. The van der Waals surface area contributed by atoms with Gasteiger partial charge in [0.2, 0.25) is 11.7 Å². The number of piperazine rings is 1. The lowest BCUT2D eigenvalue weighted by Gasteiger charge is -2.35. The standard InChI is InChI=1S/C23H23FN4O4/c1-2-21-25-20(26-32-21)15-31-17-9-7-16(8-10-17)22(29)27-11-13-28(14-12-27)23(30)18-5-3-4-6-19(18)24/h3-10H,2,11-15H2,1H3. The van der Waals surface area contributed by atoms with E-state index < -0.39 is 5.82 Å². The molecule has 0 unspecified atom stereocenters. The van der Waals surface area contributed by atoms with E-state index in [1.165, 1.54) is 12.1 Å². The second-order valence-corrected chi connectivity index (χ2v) is 7.34. The lowest BCUT2D eigenvalue weighted by molar-refractivity contribution is 0.0532. The summed E-state index contributed by atoms with van der Waals surface area (Å²) in [5.41, 5.74) is 0.577. The topological polar surface area (TPSA) is 88.8 Å². The first-order valence-corrected chi connectivity index (χ1v) is 10.4. The van der Waals surface area contributed by atoms with Crippen molar-refractivity contribution in [3.05, 3.63) is 77.2 Å². The van der Waals surface area contributed by atoms with E-state index >= 15 is 0 Å². The fourth-order valence-electron chi connectivity index (χ4n) is 3.43. The number of hydrogen-bond acceptors (Lipinski definition) is 6. The Morgan fingerprint density at radius 3 is 2.28 bits per heavy atom. The molecule has 0 radical (unpaired) electrons. The van der Waals surface area contributed by atoms with Gasteiger partial charge in [-0.15, -0.1) is 0 Å². The third-order valence-electron chi connectivity index (χ3n) is 5.24. The summed E-state index contributed by atoms with van der Waals surface area (Å²) in [6.07, 6.45) is 0.662. The summed E-state index contributed by atoms with van der Waals surface area (Å²) in [4.78, 5) is 32.8. The van der Waals surface area contributed by atoms with E-state index in [0.717, 1.165) is 0 Å². The highest BCUT2D eigenvalue weighted by atomic mass is 19.1. The van der Waals surface area contributed by atoms with Gasteiger partial charge in [0.05, 0.1) is 5.56 Å².